The highest BCUT2D eigenvalue weighted by molar-refractivity contribution is 5.92. The van der Waals surface area contributed by atoms with Gasteiger partial charge in [0.1, 0.15) is 29.2 Å². The lowest BCUT2D eigenvalue weighted by Crippen LogP contribution is -2.55. The predicted molar refractivity (Wildman–Crippen MR) is 164 cm³/mol. The van der Waals surface area contributed by atoms with Crippen LogP contribution in [-0.4, -0.2) is 56.7 Å². The summed E-state index contributed by atoms with van der Waals surface area (Å²) in [6.07, 6.45) is 4.01. The maximum Gasteiger partial charge on any atom is 0.408 e. The van der Waals surface area contributed by atoms with Gasteiger partial charge in [0, 0.05) is 18.5 Å². The van der Waals surface area contributed by atoms with Crippen molar-refractivity contribution in [1.29, 1.82) is 0 Å². The number of hydrogen-bond acceptors (Lipinski definition) is 6. The molecule has 0 fully saturated rings. The number of amides is 3. The highest BCUT2D eigenvalue weighted by Gasteiger charge is 2.37. The van der Waals surface area contributed by atoms with Gasteiger partial charge in [-0.15, -0.1) is 0 Å². The van der Waals surface area contributed by atoms with Gasteiger partial charge >= 0.3 is 6.09 Å². The zero-order chi connectivity index (χ0) is 31.5. The number of aromatic hydroxyl groups is 2. The minimum atomic E-state index is -1.07. The first-order valence-corrected chi connectivity index (χ1v) is 14.8. The van der Waals surface area contributed by atoms with Crippen molar-refractivity contribution in [1.82, 2.24) is 15.5 Å². The monoisotopic (exact) mass is 583 g/mol. The fourth-order valence-electron chi connectivity index (χ4n) is 4.58. The van der Waals surface area contributed by atoms with Crippen molar-refractivity contribution in [2.45, 2.75) is 110 Å². The molecule has 2 atom stereocenters. The SMILES string of the molecule is CCCCCCCN(C(=O)C(Cc1ccc(O)cc1)NC(=O)OC(C)(C)C)C(C(=O)NC(C)(C)C)c1cccc(O)c1. The Balaban J connectivity index is 2.57. The summed E-state index contributed by atoms with van der Waals surface area (Å²) in [4.78, 5) is 42.7. The van der Waals surface area contributed by atoms with E-state index in [4.69, 9.17) is 4.74 Å². The van der Waals surface area contributed by atoms with E-state index in [2.05, 4.69) is 17.6 Å². The summed E-state index contributed by atoms with van der Waals surface area (Å²) < 4.78 is 5.48. The van der Waals surface area contributed by atoms with Gasteiger partial charge in [0.15, 0.2) is 0 Å². The Kier molecular flexibility index (Phi) is 12.7. The molecule has 0 aliphatic rings. The molecule has 4 N–H and O–H groups in total. The Labute approximate surface area is 250 Å². The number of benzene rings is 2. The number of carbonyl (C=O) groups excluding carboxylic acids is 3. The second-order valence-corrected chi connectivity index (χ2v) is 12.8. The van der Waals surface area contributed by atoms with Crippen LogP contribution in [0.1, 0.15) is 97.7 Å². The average Bonchev–Trinajstić information content (AvgIpc) is 2.86. The molecular weight excluding hydrogens is 534 g/mol. The van der Waals surface area contributed by atoms with Gasteiger partial charge in [-0.25, -0.2) is 4.79 Å². The Morgan fingerprint density at radius 1 is 0.881 bits per heavy atom. The molecule has 42 heavy (non-hydrogen) atoms. The number of carbonyl (C=O) groups is 3. The summed E-state index contributed by atoms with van der Waals surface area (Å²) in [6.45, 7) is 13.2. The second-order valence-electron chi connectivity index (χ2n) is 12.8. The first kappa shape index (κ1) is 34.5. The summed E-state index contributed by atoms with van der Waals surface area (Å²) >= 11 is 0. The fourth-order valence-corrected chi connectivity index (χ4v) is 4.58. The number of ether oxygens (including phenoxy) is 1. The maximum atomic E-state index is 14.5. The number of alkyl carbamates (subject to hydrolysis) is 1. The zero-order valence-electron chi connectivity index (χ0n) is 26.2. The molecule has 0 aliphatic carbocycles. The summed E-state index contributed by atoms with van der Waals surface area (Å²) in [5, 5.41) is 25.8. The van der Waals surface area contributed by atoms with Crippen molar-refractivity contribution in [3.8, 4) is 11.5 Å². The molecule has 0 aromatic heterocycles. The van der Waals surface area contributed by atoms with Gasteiger partial charge in [0.25, 0.3) is 0 Å². The lowest BCUT2D eigenvalue weighted by molar-refractivity contribution is -0.143. The highest BCUT2D eigenvalue weighted by atomic mass is 16.6. The van der Waals surface area contributed by atoms with Crippen LogP contribution in [0.15, 0.2) is 48.5 Å². The summed E-state index contributed by atoms with van der Waals surface area (Å²) in [5.41, 5.74) is -0.203. The number of unbranched alkanes of at least 4 members (excludes halogenated alkanes) is 4. The molecule has 3 amide bonds. The Bertz CT molecular complexity index is 1170. The van der Waals surface area contributed by atoms with Gasteiger partial charge in [-0.05, 0) is 83.4 Å². The van der Waals surface area contributed by atoms with E-state index in [0.717, 1.165) is 25.7 Å². The van der Waals surface area contributed by atoms with Crippen LogP contribution in [0.25, 0.3) is 0 Å². The molecule has 0 aliphatic heterocycles. The summed E-state index contributed by atoms with van der Waals surface area (Å²) in [5.74, 6) is -0.792. The van der Waals surface area contributed by atoms with Crippen molar-refractivity contribution in [3.05, 3.63) is 59.7 Å². The number of nitrogens with one attached hydrogen (secondary N) is 2. The van der Waals surface area contributed by atoms with Crippen LogP contribution < -0.4 is 10.6 Å². The van der Waals surface area contributed by atoms with Gasteiger partial charge < -0.3 is 30.5 Å². The van der Waals surface area contributed by atoms with Gasteiger partial charge in [-0.3, -0.25) is 9.59 Å². The molecule has 2 unspecified atom stereocenters. The van der Waals surface area contributed by atoms with Crippen LogP contribution in [-0.2, 0) is 20.7 Å². The topological polar surface area (TPSA) is 128 Å². The third kappa shape index (κ3) is 12.0. The van der Waals surface area contributed by atoms with Crippen LogP contribution in [0, 0.1) is 0 Å². The minimum absolute atomic E-state index is 0.0241. The standard InChI is InChI=1S/C33H49N3O6/c1-8-9-10-11-12-20-36(28(29(39)35-32(2,3)4)24-14-13-15-26(38)22-24)30(40)27(34-31(41)42-33(5,6)7)21-23-16-18-25(37)19-17-23/h13-19,22,27-28,37-38H,8-12,20-21H2,1-7H3,(H,34,41)(H,35,39). The quantitative estimate of drug-likeness (QED) is 0.215. The summed E-state index contributed by atoms with van der Waals surface area (Å²) in [6, 6.07) is 10.6. The predicted octanol–water partition coefficient (Wildman–Crippen LogP) is 5.99. The Morgan fingerprint density at radius 2 is 1.52 bits per heavy atom. The minimum Gasteiger partial charge on any atom is -0.508 e. The number of phenolic OH excluding ortho intramolecular Hbond substituents is 2. The first-order valence-electron chi connectivity index (χ1n) is 14.8. The lowest BCUT2D eigenvalue weighted by atomic mass is 9.98. The number of hydrogen-bond donors (Lipinski definition) is 4. The molecule has 9 heteroatoms. The second kappa shape index (κ2) is 15.5. The number of phenols is 2. The van der Waals surface area contributed by atoms with E-state index in [1.165, 1.54) is 29.2 Å². The Morgan fingerprint density at radius 3 is 2.10 bits per heavy atom. The Hall–Kier alpha value is -3.75. The van der Waals surface area contributed by atoms with E-state index >= 15 is 0 Å². The van der Waals surface area contributed by atoms with Crippen molar-refractivity contribution >= 4 is 17.9 Å². The molecule has 0 spiro atoms. The van der Waals surface area contributed by atoms with Gasteiger partial charge in [-0.2, -0.15) is 0 Å². The molecule has 232 valence electrons. The first-order chi connectivity index (χ1) is 19.6. The molecule has 0 bridgehead atoms. The number of rotatable bonds is 13. The van der Waals surface area contributed by atoms with E-state index < -0.39 is 41.1 Å². The largest absolute Gasteiger partial charge is 0.508 e. The lowest BCUT2D eigenvalue weighted by Gasteiger charge is -2.36. The average molecular weight is 584 g/mol. The highest BCUT2D eigenvalue weighted by Crippen LogP contribution is 2.27. The molecule has 0 radical (unpaired) electrons. The summed E-state index contributed by atoms with van der Waals surface area (Å²) in [7, 11) is 0. The molecule has 2 aromatic carbocycles. The van der Waals surface area contributed by atoms with Crippen LogP contribution >= 0.6 is 0 Å². The van der Waals surface area contributed by atoms with Crippen LogP contribution in [0.5, 0.6) is 11.5 Å². The molecule has 2 rings (SSSR count). The van der Waals surface area contributed by atoms with Gasteiger partial charge in [0.05, 0.1) is 0 Å². The third-order valence-corrected chi connectivity index (χ3v) is 6.40. The van der Waals surface area contributed by atoms with Gasteiger partial charge in [0.2, 0.25) is 11.8 Å². The van der Waals surface area contributed by atoms with Crippen LogP contribution in [0.4, 0.5) is 4.79 Å². The normalized spacial score (nSPS) is 13.1. The molecule has 0 saturated carbocycles. The smallest absolute Gasteiger partial charge is 0.408 e. The van der Waals surface area contributed by atoms with E-state index in [9.17, 15) is 24.6 Å². The van der Waals surface area contributed by atoms with Crippen molar-refractivity contribution < 1.29 is 29.3 Å². The van der Waals surface area contributed by atoms with E-state index in [1.54, 1.807) is 45.0 Å². The van der Waals surface area contributed by atoms with Gasteiger partial charge in [-0.1, -0.05) is 56.9 Å². The fraction of sp³-hybridized carbons (Fsp3) is 0.545. The van der Waals surface area contributed by atoms with E-state index in [1.807, 2.05) is 20.8 Å². The molecule has 2 aromatic rings. The number of nitrogens with zero attached hydrogens (tertiary/aromatic N) is 1. The van der Waals surface area contributed by atoms with Crippen LogP contribution in [0.2, 0.25) is 0 Å². The van der Waals surface area contributed by atoms with E-state index in [0.29, 0.717) is 17.5 Å². The molecule has 9 nitrogen and oxygen atoms in total. The molecule has 0 saturated heterocycles. The van der Waals surface area contributed by atoms with Crippen molar-refractivity contribution in [2.75, 3.05) is 6.54 Å². The van der Waals surface area contributed by atoms with Crippen molar-refractivity contribution in [2.24, 2.45) is 0 Å². The molecule has 0 heterocycles. The van der Waals surface area contributed by atoms with Crippen molar-refractivity contribution in [3.63, 3.8) is 0 Å². The molecular formula is C33H49N3O6. The zero-order valence-corrected chi connectivity index (χ0v) is 26.2. The maximum absolute atomic E-state index is 14.5. The van der Waals surface area contributed by atoms with E-state index in [-0.39, 0.29) is 24.5 Å². The third-order valence-electron chi connectivity index (χ3n) is 6.40. The van der Waals surface area contributed by atoms with Crippen LogP contribution in [0.3, 0.4) is 0 Å².